The van der Waals surface area contributed by atoms with Crippen LogP contribution in [0.25, 0.3) is 0 Å². The molecule has 3 aliphatic carbocycles. The van der Waals surface area contributed by atoms with Crippen molar-refractivity contribution in [1.82, 2.24) is 4.31 Å². The fourth-order valence-electron chi connectivity index (χ4n) is 7.23. The molecule has 1 aliphatic heterocycles. The smallest absolute Gasteiger partial charge is 0.0575 e. The van der Waals surface area contributed by atoms with Crippen LogP contribution in [0.1, 0.15) is 51.9 Å². The number of rotatable bonds is 2. The molecule has 0 aromatic heterocycles. The van der Waals surface area contributed by atoms with Gasteiger partial charge in [-0.15, -0.1) is 0 Å². The predicted octanol–water partition coefficient (Wildman–Crippen LogP) is 4.54. The molecule has 8 unspecified atom stereocenters. The van der Waals surface area contributed by atoms with Gasteiger partial charge in [0.15, 0.2) is 0 Å². The monoisotopic (exact) mass is 339 g/mol. The molecule has 1 saturated heterocycles. The number of methoxy groups -OCH3 is 1. The van der Waals surface area contributed by atoms with Gasteiger partial charge in [-0.1, -0.05) is 19.8 Å². The Morgan fingerprint density at radius 1 is 0.913 bits per heavy atom. The molecule has 23 heavy (non-hydrogen) atoms. The summed E-state index contributed by atoms with van der Waals surface area (Å²) in [5.41, 5.74) is 0. The molecule has 4 aliphatic rings. The third-order valence-electron chi connectivity index (χ3n) is 7.88. The van der Waals surface area contributed by atoms with Crippen LogP contribution in [0.15, 0.2) is 0 Å². The van der Waals surface area contributed by atoms with E-state index in [1.165, 1.54) is 44.9 Å². The lowest BCUT2D eigenvalue weighted by Gasteiger charge is -2.49. The van der Waals surface area contributed by atoms with Crippen LogP contribution in [0.4, 0.5) is 0 Å². The van der Waals surface area contributed by atoms with Crippen molar-refractivity contribution in [3.8, 4) is 0 Å². The van der Waals surface area contributed by atoms with Gasteiger partial charge in [0.2, 0.25) is 0 Å². The van der Waals surface area contributed by atoms with Crippen LogP contribution < -0.4 is 0 Å². The zero-order chi connectivity index (χ0) is 16.4. The molecule has 8 atom stereocenters. The van der Waals surface area contributed by atoms with E-state index in [4.69, 9.17) is 4.74 Å². The molecule has 0 aromatic carbocycles. The standard InChI is InChI=1S/C20H37NOS/c1-13-15-8-6-7-9-16(15)20-19(13)17-12-14(22-2)10-11-18(17)21(20)23(3,4)5/h13-20H,6-12H2,1-5H3. The molecule has 4 fully saturated rings. The average Bonchev–Trinajstić information content (AvgIpc) is 3.01. The minimum absolute atomic E-state index is 0.529. The van der Waals surface area contributed by atoms with Crippen LogP contribution in [0.2, 0.25) is 0 Å². The first-order valence-corrected chi connectivity index (χ1v) is 12.7. The van der Waals surface area contributed by atoms with Gasteiger partial charge in [0, 0.05) is 19.2 Å². The summed E-state index contributed by atoms with van der Waals surface area (Å²) in [6, 6.07) is 1.76. The minimum atomic E-state index is -0.633. The van der Waals surface area contributed by atoms with Gasteiger partial charge in [-0.3, -0.25) is 4.31 Å². The third kappa shape index (κ3) is 2.52. The number of nitrogens with zero attached hydrogens (tertiary/aromatic N) is 1. The summed E-state index contributed by atoms with van der Waals surface area (Å²) in [5, 5.41) is 0. The Morgan fingerprint density at radius 3 is 2.26 bits per heavy atom. The van der Waals surface area contributed by atoms with E-state index in [0.29, 0.717) is 6.10 Å². The fraction of sp³-hybridized carbons (Fsp3) is 1.00. The maximum absolute atomic E-state index is 5.81. The SMILES string of the molecule is COC1CCC2C(C1)C1C(C)C3CCCCC3C1N2S(C)(C)C. The van der Waals surface area contributed by atoms with E-state index in [0.717, 1.165) is 41.7 Å². The van der Waals surface area contributed by atoms with E-state index >= 15 is 0 Å². The Bertz CT molecular complexity index is 447. The molecule has 0 aromatic rings. The second-order valence-electron chi connectivity index (χ2n) is 9.57. The topological polar surface area (TPSA) is 12.5 Å². The maximum Gasteiger partial charge on any atom is 0.0575 e. The van der Waals surface area contributed by atoms with Gasteiger partial charge < -0.3 is 4.74 Å². The quantitative estimate of drug-likeness (QED) is 0.732. The second kappa shape index (κ2) is 5.92. The molecule has 3 heteroatoms. The van der Waals surface area contributed by atoms with Crippen LogP contribution in [-0.4, -0.2) is 48.4 Å². The Kier molecular flexibility index (Phi) is 4.30. The van der Waals surface area contributed by atoms with Gasteiger partial charge in [0.25, 0.3) is 0 Å². The van der Waals surface area contributed by atoms with Gasteiger partial charge in [-0.2, -0.15) is 10.2 Å². The molecule has 0 radical (unpaired) electrons. The lowest BCUT2D eigenvalue weighted by Crippen LogP contribution is -2.45. The van der Waals surface area contributed by atoms with E-state index in [9.17, 15) is 0 Å². The van der Waals surface area contributed by atoms with Gasteiger partial charge in [0.05, 0.1) is 6.10 Å². The maximum atomic E-state index is 5.81. The van der Waals surface area contributed by atoms with Crippen molar-refractivity contribution < 1.29 is 4.74 Å². The Balaban J connectivity index is 1.70. The summed E-state index contributed by atoms with van der Waals surface area (Å²) < 4.78 is 8.91. The first-order valence-electron chi connectivity index (χ1n) is 9.93. The lowest BCUT2D eigenvalue weighted by atomic mass is 9.72. The average molecular weight is 340 g/mol. The molecule has 1 heterocycles. The Morgan fingerprint density at radius 2 is 1.61 bits per heavy atom. The zero-order valence-corrected chi connectivity index (χ0v) is 16.6. The minimum Gasteiger partial charge on any atom is -0.381 e. The largest absolute Gasteiger partial charge is 0.381 e. The summed E-state index contributed by atoms with van der Waals surface area (Å²) in [6.07, 6.45) is 18.2. The van der Waals surface area contributed by atoms with Crippen LogP contribution in [0.3, 0.4) is 0 Å². The Hall–Kier alpha value is 0.270. The summed E-state index contributed by atoms with van der Waals surface area (Å²) in [7, 11) is 1.30. The molecule has 134 valence electrons. The molecule has 0 amide bonds. The van der Waals surface area contributed by atoms with Crippen molar-refractivity contribution in [3.05, 3.63) is 0 Å². The highest BCUT2D eigenvalue weighted by atomic mass is 32.3. The molecule has 0 bridgehead atoms. The molecule has 0 N–H and O–H groups in total. The zero-order valence-electron chi connectivity index (χ0n) is 15.8. The van der Waals surface area contributed by atoms with Crippen LogP contribution in [0.5, 0.6) is 0 Å². The molecule has 4 rings (SSSR count). The molecule has 0 spiro atoms. The summed E-state index contributed by atoms with van der Waals surface area (Å²) in [5.74, 6) is 4.83. The highest BCUT2D eigenvalue weighted by molar-refractivity contribution is 8.30. The van der Waals surface area contributed by atoms with Gasteiger partial charge in [0.1, 0.15) is 0 Å². The van der Waals surface area contributed by atoms with Gasteiger partial charge in [-0.05, 0) is 80.5 Å². The van der Waals surface area contributed by atoms with E-state index in [1.54, 1.807) is 0 Å². The summed E-state index contributed by atoms with van der Waals surface area (Å²) in [6.45, 7) is 2.61. The van der Waals surface area contributed by atoms with Crippen LogP contribution in [-0.2, 0) is 4.74 Å². The Labute approximate surface area is 145 Å². The number of hydrogen-bond donors (Lipinski definition) is 0. The fourth-order valence-corrected chi connectivity index (χ4v) is 9.34. The van der Waals surface area contributed by atoms with E-state index in [1.807, 2.05) is 7.11 Å². The second-order valence-corrected chi connectivity index (χ2v) is 13.5. The van der Waals surface area contributed by atoms with Crippen molar-refractivity contribution in [2.24, 2.45) is 29.6 Å². The molecule has 3 saturated carbocycles. The first-order chi connectivity index (χ1) is 10.9. The number of ether oxygens (including phenoxy) is 1. The highest BCUT2D eigenvalue weighted by Gasteiger charge is 2.62. The highest BCUT2D eigenvalue weighted by Crippen LogP contribution is 2.65. The number of hydrogen-bond acceptors (Lipinski definition) is 2. The third-order valence-corrected chi connectivity index (χ3v) is 9.66. The van der Waals surface area contributed by atoms with E-state index in [2.05, 4.69) is 30.0 Å². The van der Waals surface area contributed by atoms with Gasteiger partial charge >= 0.3 is 0 Å². The van der Waals surface area contributed by atoms with Crippen LogP contribution in [0, 0.1) is 29.6 Å². The lowest BCUT2D eigenvalue weighted by molar-refractivity contribution is 0.0251. The van der Waals surface area contributed by atoms with E-state index in [-0.39, 0.29) is 0 Å². The van der Waals surface area contributed by atoms with Crippen molar-refractivity contribution in [3.63, 3.8) is 0 Å². The molecule has 2 nitrogen and oxygen atoms in total. The van der Waals surface area contributed by atoms with Crippen molar-refractivity contribution in [2.75, 3.05) is 25.9 Å². The predicted molar refractivity (Wildman–Crippen MR) is 101 cm³/mol. The van der Waals surface area contributed by atoms with Crippen molar-refractivity contribution in [2.45, 2.75) is 70.1 Å². The first kappa shape index (κ1) is 16.7. The van der Waals surface area contributed by atoms with Crippen LogP contribution >= 0.6 is 10.2 Å². The van der Waals surface area contributed by atoms with Gasteiger partial charge in [-0.25, -0.2) is 0 Å². The number of fused-ring (bicyclic) bond motifs is 5. The van der Waals surface area contributed by atoms with Crippen molar-refractivity contribution in [1.29, 1.82) is 0 Å². The van der Waals surface area contributed by atoms with Crippen molar-refractivity contribution >= 4 is 10.2 Å². The summed E-state index contributed by atoms with van der Waals surface area (Å²) in [4.78, 5) is 0. The normalized spacial score (nSPS) is 51.2. The van der Waals surface area contributed by atoms with E-state index < -0.39 is 10.2 Å². The summed E-state index contributed by atoms with van der Waals surface area (Å²) >= 11 is 0. The molecular weight excluding hydrogens is 302 g/mol. The molecular formula is C20H37NOS.